The molecule has 2 aromatic carbocycles. The Morgan fingerprint density at radius 2 is 1.69 bits per heavy atom. The van der Waals surface area contributed by atoms with Crippen molar-refractivity contribution in [2.75, 3.05) is 47.0 Å². The topological polar surface area (TPSA) is 61.4 Å². The van der Waals surface area contributed by atoms with Gasteiger partial charge < -0.3 is 15.1 Å². The van der Waals surface area contributed by atoms with E-state index in [0.29, 0.717) is 48.5 Å². The SMILES string of the molecule is O=C(CSc1nc(Cl)cc(N2CCN(c3ccccc3F)CC2)n1)Nc1ccc(F)cc1. The van der Waals surface area contributed by atoms with Gasteiger partial charge in [-0.15, -0.1) is 0 Å². The van der Waals surface area contributed by atoms with Gasteiger partial charge in [-0.3, -0.25) is 4.79 Å². The molecule has 0 atom stereocenters. The summed E-state index contributed by atoms with van der Waals surface area (Å²) < 4.78 is 27.0. The van der Waals surface area contributed by atoms with Gasteiger partial charge in [0, 0.05) is 37.9 Å². The lowest BCUT2D eigenvalue weighted by molar-refractivity contribution is -0.113. The third kappa shape index (κ3) is 5.66. The Labute approximate surface area is 193 Å². The fourth-order valence-electron chi connectivity index (χ4n) is 3.36. The fourth-order valence-corrected chi connectivity index (χ4v) is 4.24. The first kappa shape index (κ1) is 22.3. The van der Waals surface area contributed by atoms with E-state index in [1.165, 1.54) is 30.3 Å². The average Bonchev–Trinajstić information content (AvgIpc) is 2.79. The van der Waals surface area contributed by atoms with Crippen molar-refractivity contribution in [3.05, 3.63) is 71.4 Å². The Morgan fingerprint density at radius 3 is 2.41 bits per heavy atom. The van der Waals surface area contributed by atoms with Crippen LogP contribution < -0.4 is 15.1 Å². The van der Waals surface area contributed by atoms with Crippen LogP contribution in [0.5, 0.6) is 0 Å². The van der Waals surface area contributed by atoms with Crippen molar-refractivity contribution in [2.24, 2.45) is 0 Å². The lowest BCUT2D eigenvalue weighted by Gasteiger charge is -2.36. The number of aromatic nitrogens is 2. The predicted octanol–water partition coefficient (Wildman–Crippen LogP) is 4.47. The maximum absolute atomic E-state index is 14.1. The number of nitrogens with zero attached hydrogens (tertiary/aromatic N) is 4. The number of thioether (sulfide) groups is 1. The highest BCUT2D eigenvalue weighted by Crippen LogP contribution is 2.25. The summed E-state index contributed by atoms with van der Waals surface area (Å²) in [6.07, 6.45) is 0. The van der Waals surface area contributed by atoms with Crippen molar-refractivity contribution in [2.45, 2.75) is 5.16 Å². The van der Waals surface area contributed by atoms with Crippen molar-refractivity contribution in [3.63, 3.8) is 0 Å². The third-order valence-electron chi connectivity index (χ3n) is 4.92. The first-order chi connectivity index (χ1) is 15.5. The minimum atomic E-state index is -0.369. The molecule has 0 spiro atoms. The number of anilines is 3. The van der Waals surface area contributed by atoms with Gasteiger partial charge >= 0.3 is 0 Å². The zero-order chi connectivity index (χ0) is 22.5. The molecule has 0 saturated carbocycles. The maximum atomic E-state index is 14.1. The van der Waals surface area contributed by atoms with E-state index in [4.69, 9.17) is 11.6 Å². The molecule has 166 valence electrons. The molecule has 1 saturated heterocycles. The van der Waals surface area contributed by atoms with Crippen molar-refractivity contribution in [3.8, 4) is 0 Å². The predicted molar refractivity (Wildman–Crippen MR) is 124 cm³/mol. The van der Waals surface area contributed by atoms with Crippen LogP contribution in [-0.2, 0) is 4.79 Å². The van der Waals surface area contributed by atoms with Gasteiger partial charge in [0.2, 0.25) is 5.91 Å². The first-order valence-electron chi connectivity index (χ1n) is 9.95. The van der Waals surface area contributed by atoms with E-state index < -0.39 is 0 Å². The van der Waals surface area contributed by atoms with E-state index in [0.717, 1.165) is 11.8 Å². The van der Waals surface area contributed by atoms with Crippen LogP contribution in [0.15, 0.2) is 59.8 Å². The van der Waals surface area contributed by atoms with E-state index in [9.17, 15) is 13.6 Å². The summed E-state index contributed by atoms with van der Waals surface area (Å²) in [5.41, 5.74) is 1.11. The molecule has 0 bridgehead atoms. The molecule has 0 unspecified atom stereocenters. The van der Waals surface area contributed by atoms with Crippen molar-refractivity contribution in [1.82, 2.24) is 9.97 Å². The monoisotopic (exact) mass is 475 g/mol. The normalized spacial score (nSPS) is 13.8. The highest BCUT2D eigenvalue weighted by Gasteiger charge is 2.21. The van der Waals surface area contributed by atoms with Crippen molar-refractivity contribution in [1.29, 1.82) is 0 Å². The van der Waals surface area contributed by atoms with Crippen molar-refractivity contribution >= 4 is 46.5 Å². The summed E-state index contributed by atoms with van der Waals surface area (Å²) in [6.45, 7) is 2.59. The van der Waals surface area contributed by atoms with Crippen LogP contribution >= 0.6 is 23.4 Å². The minimum Gasteiger partial charge on any atom is -0.366 e. The second kappa shape index (κ2) is 10.1. The molecule has 1 aliphatic rings. The Hall–Kier alpha value is -2.91. The largest absolute Gasteiger partial charge is 0.366 e. The second-order valence-electron chi connectivity index (χ2n) is 7.10. The number of rotatable bonds is 6. The molecular weight excluding hydrogens is 456 g/mol. The van der Waals surface area contributed by atoms with Crippen LogP contribution in [0.25, 0.3) is 0 Å². The maximum Gasteiger partial charge on any atom is 0.234 e. The molecule has 1 aliphatic heterocycles. The highest BCUT2D eigenvalue weighted by atomic mass is 35.5. The van der Waals surface area contributed by atoms with Gasteiger partial charge in [0.15, 0.2) is 5.16 Å². The summed E-state index contributed by atoms with van der Waals surface area (Å²) in [5.74, 6) is -0.112. The highest BCUT2D eigenvalue weighted by molar-refractivity contribution is 7.99. The fraction of sp³-hybridized carbons (Fsp3) is 0.227. The zero-order valence-corrected chi connectivity index (χ0v) is 18.5. The van der Waals surface area contributed by atoms with Gasteiger partial charge in [0.05, 0.1) is 11.4 Å². The molecular formula is C22H20ClF2N5OS. The Kier molecular flexibility index (Phi) is 7.06. The number of nitrogens with one attached hydrogen (secondary N) is 1. The number of halogens is 3. The van der Waals surface area contributed by atoms with Crippen LogP contribution in [0, 0.1) is 11.6 Å². The number of hydrogen-bond donors (Lipinski definition) is 1. The molecule has 1 aromatic heterocycles. The number of hydrogen-bond acceptors (Lipinski definition) is 6. The van der Waals surface area contributed by atoms with Gasteiger partial charge in [-0.1, -0.05) is 35.5 Å². The van der Waals surface area contributed by atoms with Gasteiger partial charge in [0.25, 0.3) is 0 Å². The summed E-state index contributed by atoms with van der Waals surface area (Å²) in [5, 5.41) is 3.37. The summed E-state index contributed by atoms with van der Waals surface area (Å²) in [6, 6.07) is 14.0. The Bertz CT molecular complexity index is 1090. The van der Waals surface area contributed by atoms with Crippen LogP contribution in [-0.4, -0.2) is 47.8 Å². The second-order valence-corrected chi connectivity index (χ2v) is 8.43. The zero-order valence-electron chi connectivity index (χ0n) is 17.0. The minimum absolute atomic E-state index is 0.0816. The van der Waals surface area contributed by atoms with Gasteiger partial charge in [-0.2, -0.15) is 0 Å². The van der Waals surface area contributed by atoms with Gasteiger partial charge in [-0.05, 0) is 36.4 Å². The van der Waals surface area contributed by atoms with E-state index in [-0.39, 0.29) is 28.4 Å². The van der Waals surface area contributed by atoms with E-state index >= 15 is 0 Å². The lowest BCUT2D eigenvalue weighted by Crippen LogP contribution is -2.47. The molecule has 0 aliphatic carbocycles. The van der Waals surface area contributed by atoms with E-state index in [1.807, 2.05) is 11.0 Å². The van der Waals surface area contributed by atoms with Crippen LogP contribution in [0.1, 0.15) is 0 Å². The molecule has 2 heterocycles. The Balaban J connectivity index is 1.35. The lowest BCUT2D eigenvalue weighted by atomic mass is 10.2. The molecule has 1 fully saturated rings. The number of piperazine rings is 1. The first-order valence-corrected chi connectivity index (χ1v) is 11.3. The summed E-state index contributed by atoms with van der Waals surface area (Å²) in [7, 11) is 0. The number of benzene rings is 2. The molecule has 10 heteroatoms. The molecule has 1 N–H and O–H groups in total. The van der Waals surface area contributed by atoms with Crippen LogP contribution in [0.2, 0.25) is 5.15 Å². The van der Waals surface area contributed by atoms with Gasteiger partial charge in [0.1, 0.15) is 22.6 Å². The number of carbonyl (C=O) groups is 1. The average molecular weight is 476 g/mol. The molecule has 4 rings (SSSR count). The van der Waals surface area contributed by atoms with E-state index in [2.05, 4.69) is 20.2 Å². The summed E-state index contributed by atoms with van der Waals surface area (Å²) in [4.78, 5) is 25.0. The van der Waals surface area contributed by atoms with E-state index in [1.54, 1.807) is 18.2 Å². The quantitative estimate of drug-likeness (QED) is 0.322. The van der Waals surface area contributed by atoms with Crippen LogP contribution in [0.4, 0.5) is 26.0 Å². The number of carbonyl (C=O) groups excluding carboxylic acids is 1. The van der Waals surface area contributed by atoms with Gasteiger partial charge in [-0.25, -0.2) is 18.7 Å². The Morgan fingerprint density at radius 1 is 1.00 bits per heavy atom. The molecule has 32 heavy (non-hydrogen) atoms. The standard InChI is InChI=1S/C22H20ClF2N5OS/c23-19-13-20(30-11-9-29(10-12-30)18-4-2-1-3-17(18)25)28-22(27-19)32-14-21(31)26-16-7-5-15(24)6-8-16/h1-8,13H,9-12,14H2,(H,26,31). The molecule has 3 aromatic rings. The number of para-hydroxylation sites is 1. The number of amides is 1. The van der Waals surface area contributed by atoms with Crippen LogP contribution in [0.3, 0.4) is 0 Å². The third-order valence-corrected chi connectivity index (χ3v) is 5.96. The summed E-state index contributed by atoms with van der Waals surface area (Å²) >= 11 is 7.35. The van der Waals surface area contributed by atoms with Crippen molar-refractivity contribution < 1.29 is 13.6 Å². The molecule has 6 nitrogen and oxygen atoms in total. The molecule has 0 radical (unpaired) electrons. The smallest absolute Gasteiger partial charge is 0.234 e. The molecule has 1 amide bonds.